The normalized spacial score (nSPS) is 11.8. The Bertz CT molecular complexity index is 1040. The number of nitrogens with one attached hydrogen (secondary N) is 1. The standard InChI is InChI=1S/C24H23N3O2/c1-18-15-27(17-25-18)22-11-13-23(14-12-22)29-16-24(28)26-21-9-7-20(8-10-21)19-5-3-2-4-6-19/h2-15,17,24,26,28H,16H2,1H3. The maximum atomic E-state index is 10.2. The molecule has 5 heteroatoms. The molecular weight excluding hydrogens is 362 g/mol. The molecule has 0 bridgehead atoms. The molecular formula is C24H23N3O2. The van der Waals surface area contributed by atoms with Crippen LogP contribution in [0, 0.1) is 6.92 Å². The zero-order valence-corrected chi connectivity index (χ0v) is 16.2. The molecule has 0 aliphatic rings. The molecule has 0 saturated carbocycles. The number of aliphatic hydroxyl groups is 1. The second kappa shape index (κ2) is 8.63. The quantitative estimate of drug-likeness (QED) is 0.455. The molecule has 1 atom stereocenters. The zero-order valence-electron chi connectivity index (χ0n) is 16.2. The van der Waals surface area contributed by atoms with E-state index in [4.69, 9.17) is 4.74 Å². The first-order chi connectivity index (χ1) is 14.2. The molecule has 0 aliphatic carbocycles. The fourth-order valence-electron chi connectivity index (χ4n) is 3.08. The van der Waals surface area contributed by atoms with Crippen molar-refractivity contribution in [2.45, 2.75) is 13.2 Å². The van der Waals surface area contributed by atoms with Gasteiger partial charge in [-0.15, -0.1) is 0 Å². The fraction of sp³-hybridized carbons (Fsp3) is 0.125. The Balaban J connectivity index is 1.30. The van der Waals surface area contributed by atoms with Crippen LogP contribution in [0.3, 0.4) is 0 Å². The maximum absolute atomic E-state index is 10.2. The van der Waals surface area contributed by atoms with E-state index in [0.717, 1.165) is 28.2 Å². The molecule has 146 valence electrons. The first-order valence-corrected chi connectivity index (χ1v) is 9.51. The summed E-state index contributed by atoms with van der Waals surface area (Å²) in [6.45, 7) is 2.10. The smallest absolute Gasteiger partial charge is 0.159 e. The number of hydrogen-bond acceptors (Lipinski definition) is 4. The SMILES string of the molecule is Cc1cn(-c2ccc(OCC(O)Nc3ccc(-c4ccccc4)cc3)cc2)cn1. The van der Waals surface area contributed by atoms with Gasteiger partial charge in [0.05, 0.1) is 12.0 Å². The van der Waals surface area contributed by atoms with Gasteiger partial charge in [-0.1, -0.05) is 42.5 Å². The van der Waals surface area contributed by atoms with E-state index in [1.54, 1.807) is 6.33 Å². The average Bonchev–Trinajstić information content (AvgIpc) is 3.20. The van der Waals surface area contributed by atoms with Crippen molar-refractivity contribution in [3.8, 4) is 22.6 Å². The van der Waals surface area contributed by atoms with Crippen molar-refractivity contribution in [3.63, 3.8) is 0 Å². The predicted molar refractivity (Wildman–Crippen MR) is 115 cm³/mol. The average molecular weight is 385 g/mol. The predicted octanol–water partition coefficient (Wildman–Crippen LogP) is 4.66. The molecule has 4 aromatic rings. The molecule has 5 nitrogen and oxygen atoms in total. The summed E-state index contributed by atoms with van der Waals surface area (Å²) < 4.78 is 7.64. The highest BCUT2D eigenvalue weighted by Crippen LogP contribution is 2.21. The van der Waals surface area contributed by atoms with E-state index in [9.17, 15) is 5.11 Å². The van der Waals surface area contributed by atoms with Crippen LogP contribution < -0.4 is 10.1 Å². The zero-order chi connectivity index (χ0) is 20.1. The molecule has 0 aliphatic heterocycles. The molecule has 2 N–H and O–H groups in total. The number of ether oxygens (including phenoxy) is 1. The van der Waals surface area contributed by atoms with Crippen molar-refractivity contribution in [3.05, 3.63) is 97.1 Å². The second-order valence-corrected chi connectivity index (χ2v) is 6.83. The summed E-state index contributed by atoms with van der Waals surface area (Å²) in [6.07, 6.45) is 2.93. The number of imidazole rings is 1. The third-order valence-corrected chi connectivity index (χ3v) is 4.58. The van der Waals surface area contributed by atoms with Gasteiger partial charge in [-0.25, -0.2) is 4.98 Å². The van der Waals surface area contributed by atoms with Crippen LogP contribution in [0.15, 0.2) is 91.4 Å². The van der Waals surface area contributed by atoms with Crippen molar-refractivity contribution in [1.29, 1.82) is 0 Å². The van der Waals surface area contributed by atoms with Crippen LogP contribution in [0.4, 0.5) is 5.69 Å². The summed E-state index contributed by atoms with van der Waals surface area (Å²) >= 11 is 0. The maximum Gasteiger partial charge on any atom is 0.159 e. The highest BCUT2D eigenvalue weighted by atomic mass is 16.5. The van der Waals surface area contributed by atoms with E-state index < -0.39 is 6.23 Å². The summed E-state index contributed by atoms with van der Waals surface area (Å²) in [4.78, 5) is 4.23. The molecule has 1 aromatic heterocycles. The van der Waals surface area contributed by atoms with Gasteiger partial charge in [-0.05, 0) is 54.4 Å². The molecule has 1 unspecified atom stereocenters. The minimum absolute atomic E-state index is 0.143. The number of benzene rings is 3. The van der Waals surface area contributed by atoms with Gasteiger partial charge in [0.25, 0.3) is 0 Å². The Morgan fingerprint density at radius 3 is 2.28 bits per heavy atom. The number of aryl methyl sites for hydroxylation is 1. The topological polar surface area (TPSA) is 59.3 Å². The van der Waals surface area contributed by atoms with Crippen LogP contribution >= 0.6 is 0 Å². The largest absolute Gasteiger partial charge is 0.489 e. The van der Waals surface area contributed by atoms with Crippen molar-refractivity contribution in [1.82, 2.24) is 9.55 Å². The van der Waals surface area contributed by atoms with Crippen LogP contribution in [0.1, 0.15) is 5.69 Å². The lowest BCUT2D eigenvalue weighted by molar-refractivity contribution is 0.129. The number of hydrogen-bond donors (Lipinski definition) is 2. The number of anilines is 1. The third kappa shape index (κ3) is 4.83. The first-order valence-electron chi connectivity index (χ1n) is 9.51. The van der Waals surface area contributed by atoms with Crippen LogP contribution in [-0.2, 0) is 0 Å². The van der Waals surface area contributed by atoms with Crippen molar-refractivity contribution < 1.29 is 9.84 Å². The summed E-state index contributed by atoms with van der Waals surface area (Å²) in [7, 11) is 0. The Labute approximate surface area is 170 Å². The summed E-state index contributed by atoms with van der Waals surface area (Å²) in [6, 6.07) is 25.8. The van der Waals surface area contributed by atoms with E-state index >= 15 is 0 Å². The van der Waals surface area contributed by atoms with E-state index in [-0.39, 0.29) is 6.61 Å². The third-order valence-electron chi connectivity index (χ3n) is 4.58. The Hall–Kier alpha value is -3.57. The lowest BCUT2D eigenvalue weighted by Crippen LogP contribution is -2.26. The lowest BCUT2D eigenvalue weighted by Gasteiger charge is -2.16. The van der Waals surface area contributed by atoms with E-state index in [2.05, 4.69) is 22.4 Å². The molecule has 1 heterocycles. The van der Waals surface area contributed by atoms with Crippen LogP contribution in [0.25, 0.3) is 16.8 Å². The molecule has 29 heavy (non-hydrogen) atoms. The number of rotatable bonds is 7. The van der Waals surface area contributed by atoms with E-state index in [1.807, 2.05) is 84.4 Å². The Morgan fingerprint density at radius 1 is 0.931 bits per heavy atom. The molecule has 4 rings (SSSR count). The number of aliphatic hydroxyl groups excluding tert-OH is 1. The van der Waals surface area contributed by atoms with Crippen molar-refractivity contribution >= 4 is 5.69 Å². The van der Waals surface area contributed by atoms with Crippen LogP contribution in [-0.4, -0.2) is 27.5 Å². The molecule has 3 aromatic carbocycles. The highest BCUT2D eigenvalue weighted by molar-refractivity contribution is 5.65. The molecule has 0 amide bonds. The van der Waals surface area contributed by atoms with Gasteiger partial charge in [-0.3, -0.25) is 0 Å². The monoisotopic (exact) mass is 385 g/mol. The van der Waals surface area contributed by atoms with Crippen LogP contribution in [0.5, 0.6) is 5.75 Å². The van der Waals surface area contributed by atoms with Gasteiger partial charge in [0.1, 0.15) is 12.4 Å². The Morgan fingerprint density at radius 2 is 1.62 bits per heavy atom. The molecule has 0 fully saturated rings. The lowest BCUT2D eigenvalue weighted by atomic mass is 10.1. The fourth-order valence-corrected chi connectivity index (χ4v) is 3.08. The number of aromatic nitrogens is 2. The van der Waals surface area contributed by atoms with E-state index in [1.165, 1.54) is 0 Å². The molecule has 0 radical (unpaired) electrons. The number of nitrogens with zero attached hydrogens (tertiary/aromatic N) is 2. The minimum Gasteiger partial charge on any atom is -0.489 e. The molecule has 0 spiro atoms. The minimum atomic E-state index is -0.812. The van der Waals surface area contributed by atoms with E-state index in [0.29, 0.717) is 5.75 Å². The van der Waals surface area contributed by atoms with Crippen molar-refractivity contribution in [2.24, 2.45) is 0 Å². The molecule has 0 saturated heterocycles. The van der Waals surface area contributed by atoms with Gasteiger partial charge >= 0.3 is 0 Å². The van der Waals surface area contributed by atoms with Gasteiger partial charge in [0.2, 0.25) is 0 Å². The van der Waals surface area contributed by atoms with Gasteiger partial charge in [0.15, 0.2) is 6.23 Å². The summed E-state index contributed by atoms with van der Waals surface area (Å²) in [5, 5.41) is 13.3. The van der Waals surface area contributed by atoms with Crippen molar-refractivity contribution in [2.75, 3.05) is 11.9 Å². The highest BCUT2D eigenvalue weighted by Gasteiger charge is 2.06. The van der Waals surface area contributed by atoms with Gasteiger partial charge < -0.3 is 19.7 Å². The van der Waals surface area contributed by atoms with Crippen LogP contribution in [0.2, 0.25) is 0 Å². The second-order valence-electron chi connectivity index (χ2n) is 6.83. The van der Waals surface area contributed by atoms with Gasteiger partial charge in [0, 0.05) is 17.6 Å². The summed E-state index contributed by atoms with van der Waals surface area (Å²) in [5.74, 6) is 0.700. The van der Waals surface area contributed by atoms with Gasteiger partial charge in [-0.2, -0.15) is 0 Å². The summed E-state index contributed by atoms with van der Waals surface area (Å²) in [5.41, 5.74) is 5.12. The Kier molecular flexibility index (Phi) is 5.59. The first kappa shape index (κ1) is 18.8.